The van der Waals surface area contributed by atoms with Crippen LogP contribution in [0.3, 0.4) is 0 Å². The average molecular weight is 166 g/mol. The highest BCUT2D eigenvalue weighted by Gasteiger charge is 1.78. The van der Waals surface area contributed by atoms with Gasteiger partial charge in [-0.25, -0.2) is 4.57 Å². The lowest BCUT2D eigenvalue weighted by Crippen LogP contribution is -2.25. The zero-order valence-corrected chi connectivity index (χ0v) is 7.95. The monoisotopic (exact) mass is 166 g/mol. The second-order valence-corrected chi connectivity index (χ2v) is 2.60. The number of aryl methyl sites for hydroxylation is 1. The Balaban J connectivity index is 0.000000217. The van der Waals surface area contributed by atoms with Crippen LogP contribution < -0.4 is 4.57 Å². The van der Waals surface area contributed by atoms with Crippen LogP contribution in [0.4, 0.5) is 0 Å². The molecule has 2 nitrogen and oxygen atoms in total. The first-order valence-corrected chi connectivity index (χ1v) is 4.06. The summed E-state index contributed by atoms with van der Waals surface area (Å²) in [6.45, 7) is 3.43. The molecule has 0 fully saturated rings. The van der Waals surface area contributed by atoms with Crippen molar-refractivity contribution in [3.63, 3.8) is 0 Å². The van der Waals surface area contributed by atoms with Crippen LogP contribution in [0, 0.1) is 0 Å². The van der Waals surface area contributed by atoms with Gasteiger partial charge in [-0.1, -0.05) is 13.0 Å². The maximum absolute atomic E-state index is 9.81. The summed E-state index contributed by atoms with van der Waals surface area (Å²) in [6, 6.07) is 6.00. The van der Waals surface area contributed by atoms with Gasteiger partial charge in [0.15, 0.2) is 12.4 Å². The van der Waals surface area contributed by atoms with Gasteiger partial charge in [-0.3, -0.25) is 0 Å². The van der Waals surface area contributed by atoms with Crippen molar-refractivity contribution >= 4 is 5.78 Å². The SMILES string of the molecule is CCC(C)=O.C[n+]1ccccc1. The van der Waals surface area contributed by atoms with Crippen molar-refractivity contribution in [2.75, 3.05) is 0 Å². The van der Waals surface area contributed by atoms with Gasteiger partial charge < -0.3 is 4.79 Å². The molecule has 0 bridgehead atoms. The van der Waals surface area contributed by atoms with Crippen LogP contribution in [0.1, 0.15) is 20.3 Å². The molecule has 0 radical (unpaired) electrons. The van der Waals surface area contributed by atoms with Gasteiger partial charge in [-0.05, 0) is 6.92 Å². The molecule has 1 aromatic rings. The van der Waals surface area contributed by atoms with Crippen molar-refractivity contribution in [2.24, 2.45) is 7.05 Å². The fraction of sp³-hybridized carbons (Fsp3) is 0.400. The van der Waals surface area contributed by atoms with E-state index in [2.05, 4.69) is 0 Å². The van der Waals surface area contributed by atoms with Gasteiger partial charge in [0, 0.05) is 18.6 Å². The molecule has 0 spiro atoms. The van der Waals surface area contributed by atoms with E-state index in [0.717, 1.165) is 0 Å². The number of rotatable bonds is 1. The molecule has 0 atom stereocenters. The number of Topliss-reactive ketones (excluding diaryl/α,β-unsaturated/α-hetero) is 1. The standard InChI is InChI=1S/C6H8N.C4H8O/c1-7-5-3-2-4-6-7;1-3-4(2)5/h2-6H,1H3;3H2,1-2H3/q+1;. The molecule has 1 aromatic heterocycles. The minimum absolute atomic E-state index is 0.255. The quantitative estimate of drug-likeness (QED) is 0.579. The number of carbonyl (C=O) groups excluding carboxylic acids is 1. The van der Waals surface area contributed by atoms with E-state index in [-0.39, 0.29) is 5.78 Å². The molecule has 0 unspecified atom stereocenters. The van der Waals surface area contributed by atoms with Crippen LogP contribution in [0.2, 0.25) is 0 Å². The maximum atomic E-state index is 9.81. The Morgan fingerprint density at radius 1 is 1.25 bits per heavy atom. The van der Waals surface area contributed by atoms with Crippen molar-refractivity contribution in [3.8, 4) is 0 Å². The summed E-state index contributed by atoms with van der Waals surface area (Å²) in [7, 11) is 2.00. The molecule has 12 heavy (non-hydrogen) atoms. The Hall–Kier alpha value is -1.18. The fourth-order valence-corrected chi connectivity index (χ4v) is 0.485. The topological polar surface area (TPSA) is 20.9 Å². The maximum Gasteiger partial charge on any atom is 0.168 e. The summed E-state index contributed by atoms with van der Waals surface area (Å²) in [5.74, 6) is 0.255. The summed E-state index contributed by atoms with van der Waals surface area (Å²) < 4.78 is 2.00. The van der Waals surface area contributed by atoms with Crippen LogP contribution >= 0.6 is 0 Å². The number of pyridine rings is 1. The highest BCUT2D eigenvalue weighted by molar-refractivity contribution is 5.74. The normalized spacial score (nSPS) is 8.25. The van der Waals surface area contributed by atoms with Crippen molar-refractivity contribution in [2.45, 2.75) is 20.3 Å². The van der Waals surface area contributed by atoms with E-state index in [9.17, 15) is 4.79 Å². The lowest BCUT2D eigenvalue weighted by molar-refractivity contribution is -0.671. The Morgan fingerprint density at radius 2 is 1.67 bits per heavy atom. The highest BCUT2D eigenvalue weighted by Crippen LogP contribution is 1.72. The molecule has 0 saturated carbocycles. The van der Waals surface area contributed by atoms with Gasteiger partial charge in [-0.2, -0.15) is 0 Å². The third-order valence-corrected chi connectivity index (χ3v) is 1.36. The van der Waals surface area contributed by atoms with Gasteiger partial charge in [0.1, 0.15) is 12.8 Å². The second kappa shape index (κ2) is 6.53. The van der Waals surface area contributed by atoms with Crippen LogP contribution in [-0.4, -0.2) is 5.78 Å². The van der Waals surface area contributed by atoms with E-state index in [1.165, 1.54) is 0 Å². The van der Waals surface area contributed by atoms with E-state index in [1.807, 2.05) is 49.1 Å². The molecule has 2 heteroatoms. The third kappa shape index (κ3) is 6.93. The molecule has 0 saturated heterocycles. The molecule has 66 valence electrons. The van der Waals surface area contributed by atoms with Crippen LogP contribution in [0.5, 0.6) is 0 Å². The summed E-state index contributed by atoms with van der Waals surface area (Å²) in [6.07, 6.45) is 4.67. The van der Waals surface area contributed by atoms with Gasteiger partial charge in [0.25, 0.3) is 0 Å². The Bertz CT molecular complexity index is 219. The predicted octanol–water partition coefficient (Wildman–Crippen LogP) is 1.50. The zero-order valence-electron chi connectivity index (χ0n) is 7.95. The van der Waals surface area contributed by atoms with Crippen LogP contribution in [0.15, 0.2) is 30.6 Å². The zero-order chi connectivity index (χ0) is 9.40. The number of aromatic nitrogens is 1. The molecular formula is C10H16NO+. The van der Waals surface area contributed by atoms with Gasteiger partial charge in [-0.15, -0.1) is 0 Å². The Morgan fingerprint density at radius 3 is 1.83 bits per heavy atom. The Labute approximate surface area is 73.9 Å². The summed E-state index contributed by atoms with van der Waals surface area (Å²) in [5, 5.41) is 0. The summed E-state index contributed by atoms with van der Waals surface area (Å²) >= 11 is 0. The molecule has 0 N–H and O–H groups in total. The van der Waals surface area contributed by atoms with E-state index in [0.29, 0.717) is 6.42 Å². The molecule has 0 aliphatic rings. The fourth-order valence-electron chi connectivity index (χ4n) is 0.485. The molecular weight excluding hydrogens is 150 g/mol. The number of carbonyl (C=O) groups is 1. The van der Waals surface area contributed by atoms with Crippen LogP contribution in [0.25, 0.3) is 0 Å². The van der Waals surface area contributed by atoms with Crippen molar-refractivity contribution in [1.82, 2.24) is 0 Å². The average Bonchev–Trinajstić information content (AvgIpc) is 2.07. The lowest BCUT2D eigenvalue weighted by Gasteiger charge is -1.77. The number of hydrogen-bond acceptors (Lipinski definition) is 1. The molecule has 1 rings (SSSR count). The molecule has 0 aliphatic carbocycles. The first kappa shape index (κ1) is 10.8. The van der Waals surface area contributed by atoms with E-state index in [1.54, 1.807) is 6.92 Å². The summed E-state index contributed by atoms with van der Waals surface area (Å²) in [5.41, 5.74) is 0. The van der Waals surface area contributed by atoms with Gasteiger partial charge in [0.05, 0.1) is 0 Å². The predicted molar refractivity (Wildman–Crippen MR) is 48.6 cm³/mol. The second-order valence-electron chi connectivity index (χ2n) is 2.60. The lowest BCUT2D eigenvalue weighted by atomic mass is 10.4. The smallest absolute Gasteiger partial charge is 0.168 e. The summed E-state index contributed by atoms with van der Waals surface area (Å²) in [4.78, 5) is 9.81. The van der Waals surface area contributed by atoms with Crippen LogP contribution in [-0.2, 0) is 11.8 Å². The molecule has 0 aromatic carbocycles. The Kier molecular flexibility index (Phi) is 5.88. The van der Waals surface area contributed by atoms with E-state index in [4.69, 9.17) is 0 Å². The van der Waals surface area contributed by atoms with Crippen molar-refractivity contribution in [1.29, 1.82) is 0 Å². The first-order valence-electron chi connectivity index (χ1n) is 4.06. The largest absolute Gasteiger partial charge is 0.300 e. The third-order valence-electron chi connectivity index (χ3n) is 1.36. The van der Waals surface area contributed by atoms with Crippen molar-refractivity contribution < 1.29 is 9.36 Å². The number of hydrogen-bond donors (Lipinski definition) is 0. The minimum Gasteiger partial charge on any atom is -0.300 e. The van der Waals surface area contributed by atoms with E-state index < -0.39 is 0 Å². The number of ketones is 1. The number of nitrogens with zero attached hydrogens (tertiary/aromatic N) is 1. The first-order chi connectivity index (χ1) is 5.66. The van der Waals surface area contributed by atoms with Gasteiger partial charge in [0.2, 0.25) is 0 Å². The van der Waals surface area contributed by atoms with Crippen molar-refractivity contribution in [3.05, 3.63) is 30.6 Å². The van der Waals surface area contributed by atoms with E-state index >= 15 is 0 Å². The highest BCUT2D eigenvalue weighted by atomic mass is 16.1. The molecule has 0 aliphatic heterocycles. The van der Waals surface area contributed by atoms with Gasteiger partial charge >= 0.3 is 0 Å². The molecule has 0 amide bonds. The molecule has 1 heterocycles. The minimum atomic E-state index is 0.255.